The number of hydrogen-bond acceptors (Lipinski definition) is 3. The topological polar surface area (TPSA) is 63.9 Å². The van der Waals surface area contributed by atoms with Crippen LogP contribution in [0.5, 0.6) is 0 Å². The Morgan fingerprint density at radius 3 is 2.94 bits per heavy atom. The van der Waals surface area contributed by atoms with Crippen LogP contribution in [-0.4, -0.2) is 22.9 Å². The summed E-state index contributed by atoms with van der Waals surface area (Å²) in [6.45, 7) is 5.23. The number of nitrogens with zero attached hydrogens (tertiary/aromatic N) is 1. The summed E-state index contributed by atoms with van der Waals surface area (Å²) in [4.78, 5) is 0. The maximum absolute atomic E-state index is 5.88. The lowest BCUT2D eigenvalue weighted by molar-refractivity contribution is 0.0113. The molecule has 0 saturated carbocycles. The van der Waals surface area contributed by atoms with Crippen LogP contribution >= 0.6 is 0 Å². The third kappa shape index (κ3) is 3.00. The van der Waals surface area contributed by atoms with Crippen molar-refractivity contribution in [3.8, 4) is 0 Å². The number of aromatic amines is 1. The van der Waals surface area contributed by atoms with Crippen molar-refractivity contribution in [1.82, 2.24) is 10.2 Å². The normalized spacial score (nSPS) is 21.0. The average Bonchev–Trinajstić information content (AvgIpc) is 2.69. The fourth-order valence-corrected chi connectivity index (χ4v) is 2.58. The number of aryl methyl sites for hydroxylation is 1. The highest BCUT2D eigenvalue weighted by Gasteiger charge is 2.18. The van der Waals surface area contributed by atoms with Crippen molar-refractivity contribution >= 4 is 5.82 Å². The molecule has 1 saturated heterocycles. The highest BCUT2D eigenvalue weighted by molar-refractivity contribution is 5.44. The third-order valence-electron chi connectivity index (χ3n) is 3.48. The lowest BCUT2D eigenvalue weighted by Crippen LogP contribution is -2.19. The zero-order valence-corrected chi connectivity index (χ0v) is 10.8. The molecule has 2 rings (SSSR count). The molecule has 1 aromatic heterocycles. The average molecular weight is 237 g/mol. The molecule has 17 heavy (non-hydrogen) atoms. The second-order valence-electron chi connectivity index (χ2n) is 5.18. The first kappa shape index (κ1) is 12.4. The van der Waals surface area contributed by atoms with E-state index in [0.29, 0.717) is 17.8 Å². The molecule has 1 atom stereocenters. The Kier molecular flexibility index (Phi) is 4.05. The molecule has 1 aliphatic rings. The number of nitrogens with one attached hydrogen (secondary N) is 1. The first-order chi connectivity index (χ1) is 8.18. The minimum atomic E-state index is 0.424. The van der Waals surface area contributed by atoms with Gasteiger partial charge in [0.25, 0.3) is 0 Å². The van der Waals surface area contributed by atoms with Gasteiger partial charge in [0.2, 0.25) is 0 Å². The first-order valence-electron chi connectivity index (χ1n) is 6.62. The van der Waals surface area contributed by atoms with E-state index in [1.54, 1.807) is 0 Å². The Labute approximate surface area is 103 Å². The predicted molar refractivity (Wildman–Crippen MR) is 69.0 cm³/mol. The molecule has 2 heterocycles. The van der Waals surface area contributed by atoms with E-state index in [1.807, 2.05) is 0 Å². The van der Waals surface area contributed by atoms with E-state index < -0.39 is 0 Å². The zero-order chi connectivity index (χ0) is 12.3. The molecule has 0 bridgehead atoms. The number of nitrogen functional groups attached to an aromatic ring is 1. The summed E-state index contributed by atoms with van der Waals surface area (Å²) in [6.07, 6.45) is 6.19. The molecule has 1 unspecified atom stereocenters. The van der Waals surface area contributed by atoms with Gasteiger partial charge in [0.15, 0.2) is 0 Å². The number of anilines is 1. The minimum Gasteiger partial charge on any atom is -0.382 e. The van der Waals surface area contributed by atoms with Gasteiger partial charge in [-0.25, -0.2) is 0 Å². The molecule has 1 fully saturated rings. The van der Waals surface area contributed by atoms with Crippen molar-refractivity contribution in [2.24, 2.45) is 0 Å². The molecule has 0 aliphatic carbocycles. The first-order valence-corrected chi connectivity index (χ1v) is 6.62. The summed E-state index contributed by atoms with van der Waals surface area (Å²) in [5, 5.41) is 7.18. The molecule has 1 aromatic rings. The molecule has 1 aliphatic heterocycles. The van der Waals surface area contributed by atoms with Crippen molar-refractivity contribution in [1.29, 1.82) is 0 Å². The number of H-pyrrole nitrogens is 1. The lowest BCUT2D eigenvalue weighted by Gasteiger charge is -2.22. The van der Waals surface area contributed by atoms with Gasteiger partial charge in [-0.2, -0.15) is 5.10 Å². The number of nitrogens with two attached hydrogens (primary N) is 1. The lowest BCUT2D eigenvalue weighted by atomic mass is 9.98. The van der Waals surface area contributed by atoms with Crippen LogP contribution in [0.4, 0.5) is 5.82 Å². The summed E-state index contributed by atoms with van der Waals surface area (Å²) in [7, 11) is 0. The van der Waals surface area contributed by atoms with Crippen LogP contribution in [0, 0.1) is 0 Å². The van der Waals surface area contributed by atoms with Crippen molar-refractivity contribution in [3.63, 3.8) is 0 Å². The summed E-state index contributed by atoms with van der Waals surface area (Å²) < 4.78 is 5.74. The van der Waals surface area contributed by atoms with Crippen LogP contribution in [-0.2, 0) is 11.2 Å². The number of ether oxygens (including phenoxy) is 1. The maximum atomic E-state index is 5.88. The number of hydrogen-bond donors (Lipinski definition) is 2. The van der Waals surface area contributed by atoms with Gasteiger partial charge in [0.1, 0.15) is 5.82 Å². The van der Waals surface area contributed by atoms with E-state index in [0.717, 1.165) is 19.4 Å². The standard InChI is InChI=1S/C13H23N3O/c1-9(2)12-11(15-16-13(12)14)7-6-10-5-3-4-8-17-10/h9-10H,3-8H2,1-2H3,(H3,14,15,16). The van der Waals surface area contributed by atoms with Gasteiger partial charge in [-0.05, 0) is 38.0 Å². The molecule has 3 N–H and O–H groups in total. The van der Waals surface area contributed by atoms with Gasteiger partial charge in [-0.1, -0.05) is 13.8 Å². The molecular weight excluding hydrogens is 214 g/mol. The van der Waals surface area contributed by atoms with Gasteiger partial charge >= 0.3 is 0 Å². The van der Waals surface area contributed by atoms with Gasteiger partial charge in [0, 0.05) is 17.9 Å². The monoisotopic (exact) mass is 237 g/mol. The Morgan fingerprint density at radius 1 is 1.47 bits per heavy atom. The van der Waals surface area contributed by atoms with E-state index in [9.17, 15) is 0 Å². The molecule has 4 nitrogen and oxygen atoms in total. The Balaban J connectivity index is 1.94. The number of aromatic nitrogens is 2. The van der Waals surface area contributed by atoms with Gasteiger partial charge in [-0.15, -0.1) is 0 Å². The maximum Gasteiger partial charge on any atom is 0.148 e. The number of rotatable bonds is 4. The van der Waals surface area contributed by atoms with Crippen LogP contribution in [0.2, 0.25) is 0 Å². The second kappa shape index (κ2) is 5.54. The molecular formula is C13H23N3O. The third-order valence-corrected chi connectivity index (χ3v) is 3.48. The van der Waals surface area contributed by atoms with Crippen molar-refractivity contribution in [2.45, 2.75) is 58.0 Å². The van der Waals surface area contributed by atoms with E-state index >= 15 is 0 Å². The quantitative estimate of drug-likeness (QED) is 0.846. The zero-order valence-electron chi connectivity index (χ0n) is 10.8. The fourth-order valence-electron chi connectivity index (χ4n) is 2.58. The Hall–Kier alpha value is -1.03. The van der Waals surface area contributed by atoms with Crippen LogP contribution in [0.3, 0.4) is 0 Å². The molecule has 0 aromatic carbocycles. The van der Waals surface area contributed by atoms with E-state index in [4.69, 9.17) is 10.5 Å². The van der Waals surface area contributed by atoms with Crippen molar-refractivity contribution < 1.29 is 4.74 Å². The second-order valence-corrected chi connectivity index (χ2v) is 5.18. The van der Waals surface area contributed by atoms with Crippen LogP contribution in [0.25, 0.3) is 0 Å². The van der Waals surface area contributed by atoms with E-state index in [2.05, 4.69) is 24.0 Å². The van der Waals surface area contributed by atoms with E-state index in [1.165, 1.54) is 30.5 Å². The Bertz CT molecular complexity index is 354. The Morgan fingerprint density at radius 2 is 2.29 bits per heavy atom. The van der Waals surface area contributed by atoms with Crippen LogP contribution < -0.4 is 5.73 Å². The molecule has 0 amide bonds. The molecule has 0 spiro atoms. The van der Waals surface area contributed by atoms with Crippen molar-refractivity contribution in [3.05, 3.63) is 11.3 Å². The summed E-state index contributed by atoms with van der Waals surface area (Å²) in [5.74, 6) is 1.08. The summed E-state index contributed by atoms with van der Waals surface area (Å²) >= 11 is 0. The fraction of sp³-hybridized carbons (Fsp3) is 0.769. The van der Waals surface area contributed by atoms with Gasteiger partial charge < -0.3 is 10.5 Å². The molecule has 0 radical (unpaired) electrons. The minimum absolute atomic E-state index is 0.424. The summed E-state index contributed by atoms with van der Waals surface area (Å²) in [6, 6.07) is 0. The molecule has 96 valence electrons. The van der Waals surface area contributed by atoms with Gasteiger partial charge in [-0.3, -0.25) is 5.10 Å². The van der Waals surface area contributed by atoms with Crippen LogP contribution in [0.15, 0.2) is 0 Å². The predicted octanol–water partition coefficient (Wildman–Crippen LogP) is 2.62. The smallest absolute Gasteiger partial charge is 0.148 e. The van der Waals surface area contributed by atoms with E-state index in [-0.39, 0.29) is 0 Å². The SMILES string of the molecule is CC(C)c1c(N)n[nH]c1CCC1CCCCO1. The van der Waals surface area contributed by atoms with Crippen molar-refractivity contribution in [2.75, 3.05) is 12.3 Å². The largest absolute Gasteiger partial charge is 0.382 e. The molecule has 4 heteroatoms. The van der Waals surface area contributed by atoms with Crippen LogP contribution in [0.1, 0.15) is 56.7 Å². The summed E-state index contributed by atoms with van der Waals surface area (Å²) in [5.41, 5.74) is 8.25. The highest BCUT2D eigenvalue weighted by Crippen LogP contribution is 2.26. The van der Waals surface area contributed by atoms with Gasteiger partial charge in [0.05, 0.1) is 6.10 Å². The highest BCUT2D eigenvalue weighted by atomic mass is 16.5.